The van der Waals surface area contributed by atoms with Gasteiger partial charge in [-0.3, -0.25) is 0 Å². The minimum atomic E-state index is -0.761. The molecule has 0 amide bonds. The summed E-state index contributed by atoms with van der Waals surface area (Å²) in [5.74, 6) is -0.354. The standard InChI is InChI=1S/C13H13F2NO2S2/c14-9-2-1-3-10(15)13(9)11-6-20-12(16-11)7-19-5-8(18)4-17/h1-3,6,8,17-18H,4-5,7H2/t8-/m1/s1. The van der Waals surface area contributed by atoms with Gasteiger partial charge in [0.2, 0.25) is 0 Å². The Kier molecular flexibility index (Phi) is 5.47. The normalized spacial score (nSPS) is 12.6. The van der Waals surface area contributed by atoms with Crippen LogP contribution in [0.3, 0.4) is 0 Å². The number of aromatic nitrogens is 1. The van der Waals surface area contributed by atoms with Crippen LogP contribution in [0.5, 0.6) is 0 Å². The van der Waals surface area contributed by atoms with Gasteiger partial charge in [0.05, 0.1) is 24.0 Å². The van der Waals surface area contributed by atoms with Crippen LogP contribution >= 0.6 is 23.1 Å². The lowest BCUT2D eigenvalue weighted by Gasteiger charge is -2.04. The Hall–Kier alpha value is -1.02. The summed E-state index contributed by atoms with van der Waals surface area (Å²) in [7, 11) is 0. The van der Waals surface area contributed by atoms with Crippen LogP contribution in [-0.2, 0) is 5.75 Å². The summed E-state index contributed by atoms with van der Waals surface area (Å²) >= 11 is 2.72. The Morgan fingerprint density at radius 1 is 1.30 bits per heavy atom. The molecule has 0 saturated heterocycles. The van der Waals surface area contributed by atoms with Crippen molar-refractivity contribution in [3.63, 3.8) is 0 Å². The fourth-order valence-corrected chi connectivity index (χ4v) is 3.40. The Balaban J connectivity index is 2.06. The van der Waals surface area contributed by atoms with Crippen molar-refractivity contribution in [1.82, 2.24) is 4.98 Å². The molecule has 2 rings (SSSR count). The second-order valence-corrected chi connectivity index (χ2v) is 6.05. The predicted molar refractivity (Wildman–Crippen MR) is 76.7 cm³/mol. The van der Waals surface area contributed by atoms with E-state index < -0.39 is 17.7 Å². The minimum absolute atomic E-state index is 0.115. The number of benzene rings is 1. The van der Waals surface area contributed by atoms with Crippen LogP contribution in [-0.4, -0.2) is 33.7 Å². The molecule has 0 aliphatic rings. The monoisotopic (exact) mass is 317 g/mol. The maximum absolute atomic E-state index is 13.6. The van der Waals surface area contributed by atoms with Gasteiger partial charge in [-0.15, -0.1) is 11.3 Å². The maximum atomic E-state index is 13.6. The molecule has 0 aliphatic heterocycles. The van der Waals surface area contributed by atoms with Gasteiger partial charge in [-0.1, -0.05) is 6.07 Å². The van der Waals surface area contributed by atoms with Crippen LogP contribution in [0.2, 0.25) is 0 Å². The zero-order valence-electron chi connectivity index (χ0n) is 10.4. The van der Waals surface area contributed by atoms with Gasteiger partial charge in [-0.05, 0) is 12.1 Å². The summed E-state index contributed by atoms with van der Waals surface area (Å²) in [6.45, 7) is -0.281. The average Bonchev–Trinajstić information content (AvgIpc) is 2.87. The Morgan fingerprint density at radius 3 is 2.65 bits per heavy atom. The number of aliphatic hydroxyl groups excluding tert-OH is 2. The first-order valence-corrected chi connectivity index (χ1v) is 7.90. The fourth-order valence-electron chi connectivity index (χ4n) is 1.57. The third kappa shape index (κ3) is 3.76. The number of thiazole rings is 1. The van der Waals surface area contributed by atoms with Crippen molar-refractivity contribution in [3.05, 3.63) is 40.2 Å². The molecular formula is C13H13F2NO2S2. The largest absolute Gasteiger partial charge is 0.394 e. The Morgan fingerprint density at radius 2 is 2.00 bits per heavy atom. The van der Waals surface area contributed by atoms with Crippen molar-refractivity contribution in [3.8, 4) is 11.3 Å². The number of hydrogen-bond acceptors (Lipinski definition) is 5. The highest BCUT2D eigenvalue weighted by Gasteiger charge is 2.14. The Bertz CT molecular complexity index is 557. The van der Waals surface area contributed by atoms with E-state index in [1.807, 2.05) is 0 Å². The van der Waals surface area contributed by atoms with Crippen LogP contribution in [0.15, 0.2) is 23.6 Å². The lowest BCUT2D eigenvalue weighted by molar-refractivity contribution is 0.113. The molecule has 0 fully saturated rings. The summed E-state index contributed by atoms with van der Waals surface area (Å²) in [4.78, 5) is 4.20. The molecule has 20 heavy (non-hydrogen) atoms. The van der Waals surface area contributed by atoms with Gasteiger partial charge in [0.15, 0.2) is 0 Å². The second kappa shape index (κ2) is 7.12. The van der Waals surface area contributed by atoms with E-state index in [2.05, 4.69) is 4.98 Å². The summed E-state index contributed by atoms with van der Waals surface area (Å²) in [6, 6.07) is 3.71. The number of halogens is 2. The van der Waals surface area contributed by atoms with Gasteiger partial charge in [-0.25, -0.2) is 13.8 Å². The molecule has 7 heteroatoms. The molecular weight excluding hydrogens is 304 g/mol. The van der Waals surface area contributed by atoms with Crippen molar-refractivity contribution in [2.24, 2.45) is 0 Å². The van der Waals surface area contributed by atoms with E-state index in [-0.39, 0.29) is 17.9 Å². The minimum Gasteiger partial charge on any atom is -0.394 e. The lowest BCUT2D eigenvalue weighted by Crippen LogP contribution is -2.14. The van der Waals surface area contributed by atoms with Crippen molar-refractivity contribution < 1.29 is 19.0 Å². The highest BCUT2D eigenvalue weighted by molar-refractivity contribution is 7.98. The molecule has 3 nitrogen and oxygen atoms in total. The zero-order chi connectivity index (χ0) is 14.5. The molecule has 0 radical (unpaired) electrons. The van der Waals surface area contributed by atoms with Gasteiger partial charge >= 0.3 is 0 Å². The molecule has 0 saturated carbocycles. The quantitative estimate of drug-likeness (QED) is 0.860. The van der Waals surface area contributed by atoms with Gasteiger partial charge in [0.1, 0.15) is 16.6 Å². The number of aliphatic hydroxyl groups is 2. The molecule has 1 aromatic heterocycles. The molecule has 0 bridgehead atoms. The van der Waals surface area contributed by atoms with E-state index in [0.29, 0.717) is 11.5 Å². The summed E-state index contributed by atoms with van der Waals surface area (Å²) in [6.07, 6.45) is -0.761. The van der Waals surface area contributed by atoms with Crippen LogP contribution < -0.4 is 0 Å². The molecule has 0 unspecified atom stereocenters. The topological polar surface area (TPSA) is 53.4 Å². The average molecular weight is 317 g/mol. The number of rotatable bonds is 6. The van der Waals surface area contributed by atoms with Crippen molar-refractivity contribution >= 4 is 23.1 Å². The SMILES string of the molecule is OC[C@@H](O)CSCc1nc(-c2c(F)cccc2F)cs1. The third-order valence-electron chi connectivity index (χ3n) is 2.52. The predicted octanol–water partition coefficient (Wildman–Crippen LogP) is 2.67. The van der Waals surface area contributed by atoms with Crippen molar-refractivity contribution in [2.45, 2.75) is 11.9 Å². The number of hydrogen-bond donors (Lipinski definition) is 2. The molecule has 108 valence electrons. The van der Waals surface area contributed by atoms with E-state index in [1.165, 1.54) is 41.3 Å². The van der Waals surface area contributed by atoms with Crippen LogP contribution in [0, 0.1) is 11.6 Å². The van der Waals surface area contributed by atoms with Gasteiger partial charge in [0, 0.05) is 16.9 Å². The van der Waals surface area contributed by atoms with Crippen LogP contribution in [0.25, 0.3) is 11.3 Å². The first-order valence-electron chi connectivity index (χ1n) is 5.87. The first kappa shape index (κ1) is 15.4. The van der Waals surface area contributed by atoms with Gasteiger partial charge in [-0.2, -0.15) is 11.8 Å². The van der Waals surface area contributed by atoms with E-state index in [9.17, 15) is 13.9 Å². The molecule has 1 heterocycles. The maximum Gasteiger partial charge on any atom is 0.135 e. The van der Waals surface area contributed by atoms with Crippen molar-refractivity contribution in [2.75, 3.05) is 12.4 Å². The van der Waals surface area contributed by atoms with E-state index >= 15 is 0 Å². The van der Waals surface area contributed by atoms with Gasteiger partial charge in [0.25, 0.3) is 0 Å². The zero-order valence-corrected chi connectivity index (χ0v) is 12.1. The van der Waals surface area contributed by atoms with Crippen LogP contribution in [0.1, 0.15) is 5.01 Å². The molecule has 0 spiro atoms. The molecule has 1 aromatic carbocycles. The highest BCUT2D eigenvalue weighted by atomic mass is 32.2. The van der Waals surface area contributed by atoms with E-state index in [4.69, 9.17) is 5.11 Å². The van der Waals surface area contributed by atoms with Crippen molar-refractivity contribution in [1.29, 1.82) is 0 Å². The second-order valence-electron chi connectivity index (χ2n) is 4.07. The van der Waals surface area contributed by atoms with Crippen LogP contribution in [0.4, 0.5) is 8.78 Å². The Labute approximate surface area is 123 Å². The van der Waals surface area contributed by atoms with Gasteiger partial charge < -0.3 is 10.2 Å². The molecule has 0 aliphatic carbocycles. The molecule has 2 aromatic rings. The third-order valence-corrected chi connectivity index (χ3v) is 4.65. The highest BCUT2D eigenvalue weighted by Crippen LogP contribution is 2.28. The summed E-state index contributed by atoms with van der Waals surface area (Å²) in [5, 5.41) is 20.2. The van der Waals surface area contributed by atoms with E-state index in [1.54, 1.807) is 5.38 Å². The smallest absolute Gasteiger partial charge is 0.135 e. The fraction of sp³-hybridized carbons (Fsp3) is 0.308. The number of thioether (sulfide) groups is 1. The molecule has 1 atom stereocenters. The van der Waals surface area contributed by atoms with E-state index in [0.717, 1.165) is 5.01 Å². The number of nitrogens with zero attached hydrogens (tertiary/aromatic N) is 1. The lowest BCUT2D eigenvalue weighted by atomic mass is 10.1. The molecule has 2 N–H and O–H groups in total. The first-order chi connectivity index (χ1) is 9.61. The summed E-state index contributed by atoms with van der Waals surface area (Å²) in [5.41, 5.74) is 0.166. The summed E-state index contributed by atoms with van der Waals surface area (Å²) < 4.78 is 27.2.